The first-order chi connectivity index (χ1) is 16.9. The van der Waals surface area contributed by atoms with Gasteiger partial charge in [-0.3, -0.25) is 14.4 Å². The summed E-state index contributed by atoms with van der Waals surface area (Å²) in [6.45, 7) is 2.26. The maximum atomic E-state index is 14.7. The number of carbonyl (C=O) groups excluding carboxylic acids is 3. The van der Waals surface area contributed by atoms with Crippen LogP contribution >= 0.6 is 0 Å². The number of amides is 2. The van der Waals surface area contributed by atoms with Crippen molar-refractivity contribution in [2.45, 2.75) is 38.3 Å². The Bertz CT molecular complexity index is 1290. The number of halogens is 1. The lowest BCUT2D eigenvalue weighted by atomic mass is 10.1. The molecule has 5 rings (SSSR count). The Kier molecular flexibility index (Phi) is 5.98. The number of ketones is 1. The zero-order valence-corrected chi connectivity index (χ0v) is 18.9. The lowest BCUT2D eigenvalue weighted by Crippen LogP contribution is -2.40. The van der Waals surface area contributed by atoms with Crippen molar-refractivity contribution in [1.29, 1.82) is 0 Å². The lowest BCUT2D eigenvalue weighted by molar-refractivity contribution is -0.120. The Labute approximate surface area is 199 Å². The normalized spacial score (nSPS) is 18.1. The molecule has 1 aromatic carbocycles. The number of hydrogen-bond acceptors (Lipinski definition) is 7. The molecule has 2 amide bonds. The molecule has 35 heavy (non-hydrogen) atoms. The van der Waals surface area contributed by atoms with Crippen LogP contribution in [0.1, 0.15) is 58.8 Å². The molecule has 0 unspecified atom stereocenters. The first-order valence-corrected chi connectivity index (χ1v) is 11.4. The van der Waals surface area contributed by atoms with E-state index in [0.29, 0.717) is 35.8 Å². The fraction of sp³-hybridized carbons (Fsp3) is 0.333. The summed E-state index contributed by atoms with van der Waals surface area (Å²) < 4.78 is 20.5. The number of hydrogen-bond donors (Lipinski definition) is 2. The van der Waals surface area contributed by atoms with Gasteiger partial charge in [0.2, 0.25) is 5.91 Å². The summed E-state index contributed by atoms with van der Waals surface area (Å²) in [6, 6.07) is 6.67. The Morgan fingerprint density at radius 2 is 2.03 bits per heavy atom. The van der Waals surface area contributed by atoms with E-state index < -0.39 is 23.9 Å². The van der Waals surface area contributed by atoms with Gasteiger partial charge in [-0.2, -0.15) is 9.90 Å². The lowest BCUT2D eigenvalue weighted by Gasteiger charge is -2.12. The van der Waals surface area contributed by atoms with E-state index in [9.17, 15) is 18.8 Å². The van der Waals surface area contributed by atoms with Gasteiger partial charge < -0.3 is 15.4 Å². The van der Waals surface area contributed by atoms with Crippen molar-refractivity contribution in [1.82, 2.24) is 30.6 Å². The minimum absolute atomic E-state index is 0.0623. The van der Waals surface area contributed by atoms with Gasteiger partial charge >= 0.3 is 0 Å². The molecule has 0 bridgehead atoms. The van der Waals surface area contributed by atoms with E-state index in [1.54, 1.807) is 19.1 Å². The second-order valence-electron chi connectivity index (χ2n) is 8.61. The molecule has 1 saturated carbocycles. The molecule has 2 N–H and O–H groups in total. The molecule has 3 heterocycles. The number of carbonyl (C=O) groups is 3. The van der Waals surface area contributed by atoms with Crippen LogP contribution < -0.4 is 15.4 Å². The summed E-state index contributed by atoms with van der Waals surface area (Å²) in [7, 11) is 0. The predicted molar refractivity (Wildman–Crippen MR) is 121 cm³/mol. The third-order valence-corrected chi connectivity index (χ3v) is 5.96. The van der Waals surface area contributed by atoms with Crippen LogP contribution in [0.2, 0.25) is 0 Å². The molecule has 0 spiro atoms. The molecule has 180 valence electrons. The third kappa shape index (κ3) is 4.88. The number of aromatic nitrogens is 4. The smallest absolute Gasteiger partial charge is 0.254 e. The minimum atomic E-state index is -0.756. The molecule has 2 aliphatic rings. The van der Waals surface area contributed by atoms with E-state index in [4.69, 9.17) is 4.74 Å². The van der Waals surface area contributed by atoms with Gasteiger partial charge in [0, 0.05) is 18.5 Å². The fourth-order valence-electron chi connectivity index (χ4n) is 3.78. The van der Waals surface area contributed by atoms with Gasteiger partial charge in [-0.15, -0.1) is 5.10 Å². The molecule has 10 nitrogen and oxygen atoms in total. The number of rotatable bonds is 8. The summed E-state index contributed by atoms with van der Waals surface area (Å²) in [5.74, 6) is -1.05. The van der Waals surface area contributed by atoms with Crippen molar-refractivity contribution >= 4 is 17.6 Å². The van der Waals surface area contributed by atoms with Crippen LogP contribution in [0.25, 0.3) is 5.69 Å². The van der Waals surface area contributed by atoms with Crippen LogP contribution in [0, 0.1) is 11.7 Å². The van der Waals surface area contributed by atoms with E-state index >= 15 is 0 Å². The Morgan fingerprint density at radius 1 is 1.20 bits per heavy atom. The van der Waals surface area contributed by atoms with E-state index in [-0.39, 0.29) is 23.2 Å². The van der Waals surface area contributed by atoms with Gasteiger partial charge in [-0.25, -0.2) is 9.37 Å². The molecular weight excluding hydrogens is 455 g/mol. The Morgan fingerprint density at radius 3 is 2.69 bits per heavy atom. The summed E-state index contributed by atoms with van der Waals surface area (Å²) in [6.07, 6.45) is 4.83. The van der Waals surface area contributed by atoms with E-state index in [0.717, 1.165) is 18.9 Å². The minimum Gasteiger partial charge on any atom is -0.483 e. The van der Waals surface area contributed by atoms with Crippen molar-refractivity contribution in [3.05, 3.63) is 65.5 Å². The van der Waals surface area contributed by atoms with Crippen molar-refractivity contribution in [3.63, 3.8) is 0 Å². The zero-order valence-electron chi connectivity index (χ0n) is 18.9. The monoisotopic (exact) mass is 478 g/mol. The molecule has 1 aliphatic carbocycles. The number of Topliss-reactive ketones (excluding diaryl/α,β-unsaturated/α-hetero) is 1. The average Bonchev–Trinajstić information content (AvgIpc) is 3.44. The number of nitrogens with one attached hydrogen (secondary N) is 2. The standard InChI is InChI=1S/C24H23FN6O4/c1-13(35-16-5-7-19(27-11-16)22(32)14-2-3-14)21-12-28-31(30-21)15-4-6-17(18(25)10-15)23(33)29-20-8-9-26-24(20)34/h4-7,10-14,20H,2-3,8-9H2,1H3,(H,26,34)(H,29,33)/t13-,20+/m1/s1. The number of ether oxygens (including phenoxy) is 1. The molecule has 1 saturated heterocycles. The maximum absolute atomic E-state index is 14.7. The summed E-state index contributed by atoms with van der Waals surface area (Å²) in [4.78, 5) is 41.5. The van der Waals surface area contributed by atoms with Gasteiger partial charge in [0.15, 0.2) is 5.78 Å². The molecule has 2 atom stereocenters. The van der Waals surface area contributed by atoms with Gasteiger partial charge in [-0.05, 0) is 50.5 Å². The van der Waals surface area contributed by atoms with Gasteiger partial charge in [0.05, 0.1) is 23.6 Å². The molecule has 11 heteroatoms. The first-order valence-electron chi connectivity index (χ1n) is 11.4. The number of nitrogens with zero attached hydrogens (tertiary/aromatic N) is 4. The largest absolute Gasteiger partial charge is 0.483 e. The van der Waals surface area contributed by atoms with Crippen LogP contribution in [0.4, 0.5) is 4.39 Å². The summed E-state index contributed by atoms with van der Waals surface area (Å²) in [5.41, 5.74) is 1.08. The second-order valence-corrected chi connectivity index (χ2v) is 8.61. The van der Waals surface area contributed by atoms with E-state index in [1.807, 2.05) is 0 Å². The highest BCUT2D eigenvalue weighted by Gasteiger charge is 2.31. The van der Waals surface area contributed by atoms with Gasteiger partial charge in [-0.1, -0.05) is 0 Å². The Hall–Kier alpha value is -4.15. The van der Waals surface area contributed by atoms with Crippen LogP contribution in [0.3, 0.4) is 0 Å². The van der Waals surface area contributed by atoms with Crippen molar-refractivity contribution in [3.8, 4) is 11.4 Å². The quantitative estimate of drug-likeness (QED) is 0.475. The number of benzene rings is 1. The highest BCUT2D eigenvalue weighted by atomic mass is 19.1. The third-order valence-electron chi connectivity index (χ3n) is 5.96. The van der Waals surface area contributed by atoms with Crippen LogP contribution in [-0.4, -0.2) is 50.2 Å². The predicted octanol–water partition coefficient (Wildman–Crippen LogP) is 2.15. The van der Waals surface area contributed by atoms with Crippen LogP contribution in [-0.2, 0) is 4.79 Å². The SMILES string of the molecule is C[C@@H](Oc1ccc(C(=O)C2CC2)nc1)c1cnn(-c2ccc(C(=O)N[C@H]3CCNC3=O)c(F)c2)n1. The summed E-state index contributed by atoms with van der Waals surface area (Å²) in [5, 5.41) is 13.7. The second kappa shape index (κ2) is 9.24. The zero-order chi connectivity index (χ0) is 24.5. The fourth-order valence-corrected chi connectivity index (χ4v) is 3.78. The van der Waals surface area contributed by atoms with Crippen molar-refractivity contribution < 1.29 is 23.5 Å². The molecule has 3 aromatic rings. The highest BCUT2D eigenvalue weighted by molar-refractivity contribution is 5.98. The average molecular weight is 478 g/mol. The molecule has 0 radical (unpaired) electrons. The van der Waals surface area contributed by atoms with E-state index in [1.165, 1.54) is 29.3 Å². The van der Waals surface area contributed by atoms with Crippen LogP contribution in [0.5, 0.6) is 5.75 Å². The van der Waals surface area contributed by atoms with Gasteiger partial charge in [0.25, 0.3) is 5.91 Å². The Balaban J connectivity index is 1.23. The van der Waals surface area contributed by atoms with Gasteiger partial charge in [0.1, 0.15) is 35.1 Å². The topological polar surface area (TPSA) is 128 Å². The molecule has 1 aliphatic heterocycles. The first kappa shape index (κ1) is 22.6. The highest BCUT2D eigenvalue weighted by Crippen LogP contribution is 2.32. The molecule has 2 aromatic heterocycles. The number of pyridine rings is 1. The van der Waals surface area contributed by atoms with Crippen LogP contribution in [0.15, 0.2) is 42.7 Å². The van der Waals surface area contributed by atoms with E-state index in [2.05, 4.69) is 25.8 Å². The maximum Gasteiger partial charge on any atom is 0.254 e. The van der Waals surface area contributed by atoms with Crippen molar-refractivity contribution in [2.24, 2.45) is 5.92 Å². The summed E-state index contributed by atoms with van der Waals surface area (Å²) >= 11 is 0. The van der Waals surface area contributed by atoms with Crippen molar-refractivity contribution in [2.75, 3.05) is 6.54 Å². The molecular formula is C24H23FN6O4. The molecule has 2 fully saturated rings.